The first-order valence-corrected chi connectivity index (χ1v) is 8.00. The molecule has 2 heterocycles. The van der Waals surface area contributed by atoms with E-state index in [1.54, 1.807) is 11.1 Å². The van der Waals surface area contributed by atoms with Gasteiger partial charge in [0.15, 0.2) is 0 Å². The van der Waals surface area contributed by atoms with E-state index >= 15 is 0 Å². The van der Waals surface area contributed by atoms with Crippen LogP contribution in [0.3, 0.4) is 0 Å². The molecule has 1 saturated carbocycles. The molecule has 0 radical (unpaired) electrons. The fourth-order valence-corrected chi connectivity index (χ4v) is 3.23. The fraction of sp³-hybridized carbons (Fsp3) is 0.562. The SMILES string of the molecule is CCN(C)C(=O)c1cc2cnc(N)nc2n1C1CCCCC1. The number of aromatic nitrogens is 3. The van der Waals surface area contributed by atoms with E-state index in [-0.39, 0.29) is 11.9 Å². The minimum Gasteiger partial charge on any atom is -0.368 e. The Hall–Kier alpha value is -2.11. The van der Waals surface area contributed by atoms with E-state index in [2.05, 4.69) is 14.5 Å². The Labute approximate surface area is 130 Å². The van der Waals surface area contributed by atoms with Crippen molar-refractivity contribution in [2.45, 2.75) is 45.1 Å². The molecule has 6 heteroatoms. The van der Waals surface area contributed by atoms with Gasteiger partial charge in [-0.1, -0.05) is 19.3 Å². The highest BCUT2D eigenvalue weighted by atomic mass is 16.2. The zero-order valence-corrected chi connectivity index (χ0v) is 13.2. The quantitative estimate of drug-likeness (QED) is 0.945. The van der Waals surface area contributed by atoms with E-state index in [9.17, 15) is 4.79 Å². The van der Waals surface area contributed by atoms with E-state index in [4.69, 9.17) is 5.73 Å². The highest BCUT2D eigenvalue weighted by Crippen LogP contribution is 2.33. The van der Waals surface area contributed by atoms with Gasteiger partial charge in [-0.3, -0.25) is 4.79 Å². The first kappa shape index (κ1) is 14.8. The number of hydrogen-bond donors (Lipinski definition) is 1. The predicted molar refractivity (Wildman–Crippen MR) is 86.7 cm³/mol. The summed E-state index contributed by atoms with van der Waals surface area (Å²) in [5.41, 5.74) is 7.25. The molecule has 1 aliphatic carbocycles. The van der Waals surface area contributed by atoms with Crippen LogP contribution in [0.5, 0.6) is 0 Å². The maximum Gasteiger partial charge on any atom is 0.270 e. The van der Waals surface area contributed by atoms with Crippen LogP contribution in [0, 0.1) is 0 Å². The number of amides is 1. The van der Waals surface area contributed by atoms with Crippen molar-refractivity contribution in [3.8, 4) is 0 Å². The van der Waals surface area contributed by atoms with Crippen LogP contribution in [0.2, 0.25) is 0 Å². The van der Waals surface area contributed by atoms with Crippen LogP contribution in [0.25, 0.3) is 11.0 Å². The van der Waals surface area contributed by atoms with Crippen molar-refractivity contribution in [3.05, 3.63) is 18.0 Å². The fourth-order valence-electron chi connectivity index (χ4n) is 3.23. The Balaban J connectivity index is 2.15. The normalized spacial score (nSPS) is 16.1. The molecule has 0 atom stereocenters. The summed E-state index contributed by atoms with van der Waals surface area (Å²) in [5.74, 6) is 0.287. The molecular weight excluding hydrogens is 278 g/mol. The highest BCUT2D eigenvalue weighted by Gasteiger charge is 2.25. The molecule has 1 fully saturated rings. The van der Waals surface area contributed by atoms with E-state index in [0.717, 1.165) is 23.9 Å². The first-order chi connectivity index (χ1) is 10.6. The van der Waals surface area contributed by atoms with Crippen molar-refractivity contribution >= 4 is 22.9 Å². The van der Waals surface area contributed by atoms with Gasteiger partial charge in [0, 0.05) is 31.2 Å². The molecule has 3 rings (SSSR count). The Kier molecular flexibility index (Phi) is 4.00. The summed E-state index contributed by atoms with van der Waals surface area (Å²) in [6, 6.07) is 2.22. The average Bonchev–Trinajstić information content (AvgIpc) is 2.92. The molecule has 22 heavy (non-hydrogen) atoms. The van der Waals surface area contributed by atoms with Crippen molar-refractivity contribution < 1.29 is 4.79 Å². The molecule has 2 aromatic rings. The Morgan fingerprint density at radius 1 is 1.41 bits per heavy atom. The molecule has 2 N–H and O–H groups in total. The van der Waals surface area contributed by atoms with Gasteiger partial charge < -0.3 is 15.2 Å². The second-order valence-corrected chi connectivity index (χ2v) is 6.02. The molecule has 6 nitrogen and oxygen atoms in total. The Morgan fingerprint density at radius 2 is 2.14 bits per heavy atom. The standard InChI is InChI=1S/C16H23N5O/c1-3-20(2)15(22)13-9-11-10-18-16(17)19-14(11)21(13)12-7-5-4-6-8-12/h9-10,12H,3-8H2,1-2H3,(H2,17,18,19). The number of rotatable bonds is 3. The van der Waals surface area contributed by atoms with Crippen molar-refractivity contribution in [1.82, 2.24) is 19.4 Å². The van der Waals surface area contributed by atoms with Crippen LogP contribution in [0.15, 0.2) is 12.3 Å². The van der Waals surface area contributed by atoms with E-state index in [0.29, 0.717) is 18.3 Å². The summed E-state index contributed by atoms with van der Waals surface area (Å²) in [4.78, 5) is 22.9. The lowest BCUT2D eigenvalue weighted by Crippen LogP contribution is -2.29. The van der Waals surface area contributed by atoms with Gasteiger partial charge in [-0.15, -0.1) is 0 Å². The predicted octanol–water partition coefficient (Wildman–Crippen LogP) is 2.61. The van der Waals surface area contributed by atoms with Gasteiger partial charge in [-0.25, -0.2) is 4.98 Å². The molecule has 0 aromatic carbocycles. The third kappa shape index (κ3) is 2.53. The van der Waals surface area contributed by atoms with Gasteiger partial charge in [-0.05, 0) is 25.8 Å². The number of fused-ring (bicyclic) bond motifs is 1. The second-order valence-electron chi connectivity index (χ2n) is 6.02. The van der Waals surface area contributed by atoms with Crippen molar-refractivity contribution in [1.29, 1.82) is 0 Å². The summed E-state index contributed by atoms with van der Waals surface area (Å²) < 4.78 is 2.10. The maximum absolute atomic E-state index is 12.7. The number of nitrogens with two attached hydrogens (primary N) is 1. The van der Waals surface area contributed by atoms with Crippen LogP contribution >= 0.6 is 0 Å². The van der Waals surface area contributed by atoms with Crippen LogP contribution in [0.4, 0.5) is 5.95 Å². The molecule has 1 aliphatic rings. The summed E-state index contributed by atoms with van der Waals surface area (Å²) in [6.45, 7) is 2.65. The van der Waals surface area contributed by atoms with Gasteiger partial charge in [0.2, 0.25) is 5.95 Å². The lowest BCUT2D eigenvalue weighted by atomic mass is 9.95. The number of anilines is 1. The monoisotopic (exact) mass is 301 g/mol. The zero-order valence-electron chi connectivity index (χ0n) is 13.2. The molecule has 0 unspecified atom stereocenters. The lowest BCUT2D eigenvalue weighted by Gasteiger charge is -2.26. The third-order valence-corrected chi connectivity index (χ3v) is 4.57. The third-order valence-electron chi connectivity index (χ3n) is 4.57. The minimum absolute atomic E-state index is 0.0321. The number of hydrogen-bond acceptors (Lipinski definition) is 4. The van der Waals surface area contributed by atoms with Gasteiger partial charge in [0.1, 0.15) is 11.3 Å². The van der Waals surface area contributed by atoms with Crippen molar-refractivity contribution in [3.63, 3.8) is 0 Å². The number of nitrogens with zero attached hydrogens (tertiary/aromatic N) is 4. The van der Waals surface area contributed by atoms with Gasteiger partial charge >= 0.3 is 0 Å². The van der Waals surface area contributed by atoms with Crippen LogP contribution in [-0.2, 0) is 0 Å². The molecular formula is C16H23N5O. The lowest BCUT2D eigenvalue weighted by molar-refractivity contribution is 0.0788. The summed E-state index contributed by atoms with van der Waals surface area (Å²) in [5, 5.41) is 0.882. The smallest absolute Gasteiger partial charge is 0.270 e. The van der Waals surface area contributed by atoms with Crippen molar-refractivity contribution in [2.75, 3.05) is 19.3 Å². The van der Waals surface area contributed by atoms with Gasteiger partial charge in [0.05, 0.1) is 0 Å². The maximum atomic E-state index is 12.7. The number of carbonyl (C=O) groups is 1. The Morgan fingerprint density at radius 3 is 2.82 bits per heavy atom. The average molecular weight is 301 g/mol. The van der Waals surface area contributed by atoms with Crippen LogP contribution < -0.4 is 5.73 Å². The molecule has 2 aromatic heterocycles. The van der Waals surface area contributed by atoms with Crippen LogP contribution in [0.1, 0.15) is 55.6 Å². The number of nitrogen functional groups attached to an aromatic ring is 1. The summed E-state index contributed by atoms with van der Waals surface area (Å²) in [7, 11) is 1.82. The summed E-state index contributed by atoms with van der Waals surface area (Å²) in [6.07, 6.45) is 7.54. The van der Waals surface area contributed by atoms with E-state index in [1.165, 1.54) is 19.3 Å². The van der Waals surface area contributed by atoms with E-state index in [1.807, 2.05) is 20.0 Å². The van der Waals surface area contributed by atoms with Gasteiger partial charge in [-0.2, -0.15) is 4.98 Å². The first-order valence-electron chi connectivity index (χ1n) is 8.00. The van der Waals surface area contributed by atoms with Gasteiger partial charge in [0.25, 0.3) is 5.91 Å². The number of carbonyl (C=O) groups excluding carboxylic acids is 1. The Bertz CT molecular complexity index is 687. The van der Waals surface area contributed by atoms with Crippen LogP contribution in [-0.4, -0.2) is 38.9 Å². The molecule has 0 saturated heterocycles. The largest absolute Gasteiger partial charge is 0.368 e. The van der Waals surface area contributed by atoms with E-state index < -0.39 is 0 Å². The molecule has 0 aliphatic heterocycles. The minimum atomic E-state index is 0.0321. The molecule has 118 valence electrons. The molecule has 0 bridgehead atoms. The zero-order chi connectivity index (χ0) is 15.7. The van der Waals surface area contributed by atoms with Crippen molar-refractivity contribution in [2.24, 2.45) is 0 Å². The highest BCUT2D eigenvalue weighted by molar-refractivity contribution is 5.98. The molecule has 0 spiro atoms. The second kappa shape index (κ2) is 5.94. The summed E-state index contributed by atoms with van der Waals surface area (Å²) >= 11 is 0. The molecule has 1 amide bonds. The topological polar surface area (TPSA) is 77.0 Å².